The number of hydrogen-bond acceptors (Lipinski definition) is 6. The molecule has 0 atom stereocenters. The van der Waals surface area contributed by atoms with E-state index in [9.17, 15) is 4.79 Å². The van der Waals surface area contributed by atoms with Crippen molar-refractivity contribution in [3.8, 4) is 10.6 Å². The van der Waals surface area contributed by atoms with E-state index >= 15 is 0 Å². The van der Waals surface area contributed by atoms with Gasteiger partial charge >= 0.3 is 0 Å². The van der Waals surface area contributed by atoms with Crippen LogP contribution in [0.2, 0.25) is 0 Å². The van der Waals surface area contributed by atoms with E-state index in [1.807, 2.05) is 42.5 Å². The van der Waals surface area contributed by atoms with Gasteiger partial charge in [0.15, 0.2) is 0 Å². The third kappa shape index (κ3) is 2.91. The zero-order valence-electron chi connectivity index (χ0n) is 12.5. The van der Waals surface area contributed by atoms with Crippen molar-refractivity contribution < 1.29 is 4.79 Å². The number of carbonyl (C=O) groups is 1. The molecule has 5 nitrogen and oxygen atoms in total. The number of carbonyl (C=O) groups excluding carboxylic acids is 1. The van der Waals surface area contributed by atoms with Crippen molar-refractivity contribution in [2.45, 2.75) is 6.54 Å². The first-order valence-electron chi connectivity index (χ1n) is 7.31. The van der Waals surface area contributed by atoms with Gasteiger partial charge in [0.05, 0.1) is 34.4 Å². The molecule has 0 aliphatic carbocycles. The Kier molecular flexibility index (Phi) is 4.02. The summed E-state index contributed by atoms with van der Waals surface area (Å²) in [5.74, 6) is -0.138. The van der Waals surface area contributed by atoms with Crippen LogP contribution >= 0.6 is 23.1 Å². The molecule has 0 radical (unpaired) electrons. The molecule has 3 heterocycles. The van der Waals surface area contributed by atoms with E-state index in [-0.39, 0.29) is 5.91 Å². The van der Waals surface area contributed by atoms with Gasteiger partial charge in [0, 0.05) is 11.1 Å². The summed E-state index contributed by atoms with van der Waals surface area (Å²) in [6, 6.07) is 15.3. The minimum absolute atomic E-state index is 0.138. The van der Waals surface area contributed by atoms with Gasteiger partial charge in [0.2, 0.25) is 0 Å². The van der Waals surface area contributed by atoms with Gasteiger partial charge in [-0.2, -0.15) is 8.75 Å². The molecule has 7 heteroatoms. The fourth-order valence-corrected chi connectivity index (χ4v) is 3.85. The molecule has 1 aromatic carbocycles. The van der Waals surface area contributed by atoms with Gasteiger partial charge < -0.3 is 5.32 Å². The SMILES string of the molecule is O=C(NCc1ccc(-c2ccccn2)s1)c1cccc2nsnc12. The molecule has 24 heavy (non-hydrogen) atoms. The summed E-state index contributed by atoms with van der Waals surface area (Å²) in [6.07, 6.45) is 1.78. The molecule has 0 aliphatic heterocycles. The maximum Gasteiger partial charge on any atom is 0.253 e. The molecule has 0 saturated heterocycles. The van der Waals surface area contributed by atoms with Crippen LogP contribution in [0.4, 0.5) is 0 Å². The lowest BCUT2D eigenvalue weighted by atomic mass is 10.1. The Labute approximate surface area is 146 Å². The Hall–Kier alpha value is -2.64. The lowest BCUT2D eigenvalue weighted by Gasteiger charge is -2.04. The van der Waals surface area contributed by atoms with Crippen molar-refractivity contribution in [2.24, 2.45) is 0 Å². The Balaban J connectivity index is 1.48. The Morgan fingerprint density at radius 1 is 1.04 bits per heavy atom. The summed E-state index contributed by atoms with van der Waals surface area (Å²) in [5.41, 5.74) is 2.91. The van der Waals surface area contributed by atoms with Crippen LogP contribution < -0.4 is 5.32 Å². The molecule has 0 saturated carbocycles. The minimum atomic E-state index is -0.138. The summed E-state index contributed by atoms with van der Waals surface area (Å²) in [7, 11) is 0. The molecule has 0 unspecified atom stereocenters. The van der Waals surface area contributed by atoms with Gasteiger partial charge in [-0.3, -0.25) is 9.78 Å². The van der Waals surface area contributed by atoms with Gasteiger partial charge in [-0.05, 0) is 36.4 Å². The number of nitrogens with zero attached hydrogens (tertiary/aromatic N) is 3. The van der Waals surface area contributed by atoms with E-state index in [4.69, 9.17) is 0 Å². The Bertz CT molecular complexity index is 994. The molecule has 0 spiro atoms. The zero-order chi connectivity index (χ0) is 16.4. The predicted molar refractivity (Wildman–Crippen MR) is 96.1 cm³/mol. The smallest absolute Gasteiger partial charge is 0.253 e. The van der Waals surface area contributed by atoms with Crippen molar-refractivity contribution >= 4 is 40.0 Å². The molecule has 0 fully saturated rings. The highest BCUT2D eigenvalue weighted by Crippen LogP contribution is 2.26. The second kappa shape index (κ2) is 6.46. The molecular formula is C17H12N4OS2. The Morgan fingerprint density at radius 3 is 2.88 bits per heavy atom. The molecule has 0 bridgehead atoms. The van der Waals surface area contributed by atoms with E-state index in [2.05, 4.69) is 19.0 Å². The summed E-state index contributed by atoms with van der Waals surface area (Å²) in [5, 5.41) is 2.95. The average Bonchev–Trinajstić information content (AvgIpc) is 3.29. The minimum Gasteiger partial charge on any atom is -0.347 e. The van der Waals surface area contributed by atoms with Crippen LogP contribution in [0.3, 0.4) is 0 Å². The zero-order valence-corrected chi connectivity index (χ0v) is 14.1. The fourth-order valence-electron chi connectivity index (χ4n) is 2.37. The van der Waals surface area contributed by atoms with Gasteiger partial charge in [-0.1, -0.05) is 12.1 Å². The number of amides is 1. The van der Waals surface area contributed by atoms with Crippen molar-refractivity contribution in [3.05, 3.63) is 65.2 Å². The molecule has 1 amide bonds. The largest absolute Gasteiger partial charge is 0.347 e. The molecule has 4 aromatic rings. The fraction of sp³-hybridized carbons (Fsp3) is 0.0588. The number of rotatable bonds is 4. The number of fused-ring (bicyclic) bond motifs is 1. The van der Waals surface area contributed by atoms with E-state index in [1.54, 1.807) is 23.6 Å². The topological polar surface area (TPSA) is 67.8 Å². The van der Waals surface area contributed by atoms with Crippen LogP contribution in [0.15, 0.2) is 54.7 Å². The second-order valence-electron chi connectivity index (χ2n) is 5.10. The quantitative estimate of drug-likeness (QED) is 0.607. The van der Waals surface area contributed by atoms with E-state index < -0.39 is 0 Å². The highest BCUT2D eigenvalue weighted by Gasteiger charge is 2.13. The molecule has 1 N–H and O–H groups in total. The maximum absolute atomic E-state index is 12.4. The number of nitrogens with one attached hydrogen (secondary N) is 1. The third-order valence-electron chi connectivity index (χ3n) is 3.53. The number of hydrogen-bond donors (Lipinski definition) is 1. The van der Waals surface area contributed by atoms with Gasteiger partial charge in [0.25, 0.3) is 5.91 Å². The van der Waals surface area contributed by atoms with Crippen LogP contribution in [-0.2, 0) is 6.54 Å². The van der Waals surface area contributed by atoms with Gasteiger partial charge in [0.1, 0.15) is 11.0 Å². The third-order valence-corrected chi connectivity index (χ3v) is 5.18. The first kappa shape index (κ1) is 14.9. The average molecular weight is 352 g/mol. The highest BCUT2D eigenvalue weighted by molar-refractivity contribution is 7.15. The monoisotopic (exact) mass is 352 g/mol. The van der Waals surface area contributed by atoms with Crippen LogP contribution in [0.25, 0.3) is 21.6 Å². The molecule has 118 valence electrons. The summed E-state index contributed by atoms with van der Waals surface area (Å²) < 4.78 is 8.37. The number of aromatic nitrogens is 3. The van der Waals surface area contributed by atoms with Crippen LogP contribution in [0.1, 0.15) is 15.2 Å². The molecule has 0 aliphatic rings. The molecular weight excluding hydrogens is 340 g/mol. The van der Waals surface area contributed by atoms with Crippen molar-refractivity contribution in [1.29, 1.82) is 0 Å². The maximum atomic E-state index is 12.4. The van der Waals surface area contributed by atoms with Crippen LogP contribution in [0, 0.1) is 0 Å². The standard InChI is InChI=1S/C17H12N4OS2/c22-17(12-4-3-6-14-16(12)21-24-20-14)19-10-11-7-8-15(23-11)13-5-1-2-9-18-13/h1-9H,10H2,(H,19,22). The summed E-state index contributed by atoms with van der Waals surface area (Å²) >= 11 is 2.74. The van der Waals surface area contributed by atoms with Crippen LogP contribution in [-0.4, -0.2) is 19.6 Å². The first-order chi connectivity index (χ1) is 11.8. The molecule has 3 aromatic heterocycles. The molecule has 4 rings (SSSR count). The predicted octanol–water partition coefficient (Wildman–Crippen LogP) is 3.74. The van der Waals surface area contributed by atoms with Gasteiger partial charge in [-0.25, -0.2) is 0 Å². The lowest BCUT2D eigenvalue weighted by Crippen LogP contribution is -2.22. The van der Waals surface area contributed by atoms with Crippen molar-refractivity contribution in [1.82, 2.24) is 19.0 Å². The number of pyridine rings is 1. The number of benzene rings is 1. The van der Waals surface area contributed by atoms with E-state index in [0.29, 0.717) is 17.6 Å². The first-order valence-corrected chi connectivity index (χ1v) is 8.85. The summed E-state index contributed by atoms with van der Waals surface area (Å²) in [4.78, 5) is 18.9. The normalized spacial score (nSPS) is 10.8. The van der Waals surface area contributed by atoms with Gasteiger partial charge in [-0.15, -0.1) is 11.3 Å². The summed E-state index contributed by atoms with van der Waals surface area (Å²) in [6.45, 7) is 0.476. The lowest BCUT2D eigenvalue weighted by molar-refractivity contribution is 0.0953. The van der Waals surface area contributed by atoms with Crippen molar-refractivity contribution in [2.75, 3.05) is 0 Å². The van der Waals surface area contributed by atoms with Crippen LogP contribution in [0.5, 0.6) is 0 Å². The van der Waals surface area contributed by atoms with E-state index in [1.165, 1.54) is 0 Å². The highest BCUT2D eigenvalue weighted by atomic mass is 32.1. The van der Waals surface area contributed by atoms with Crippen molar-refractivity contribution in [3.63, 3.8) is 0 Å². The number of thiophene rings is 1. The van der Waals surface area contributed by atoms with E-state index in [0.717, 1.165) is 32.7 Å². The Morgan fingerprint density at radius 2 is 2.00 bits per heavy atom. The second-order valence-corrected chi connectivity index (χ2v) is 6.80.